The van der Waals surface area contributed by atoms with Gasteiger partial charge >= 0.3 is 0 Å². The van der Waals surface area contributed by atoms with Crippen LogP contribution < -0.4 is 9.47 Å². The molecular weight excluding hydrogens is 364 g/mol. The van der Waals surface area contributed by atoms with E-state index < -0.39 is 0 Å². The van der Waals surface area contributed by atoms with Gasteiger partial charge < -0.3 is 9.64 Å². The van der Waals surface area contributed by atoms with Crippen molar-refractivity contribution in [2.75, 3.05) is 25.7 Å². The quantitative estimate of drug-likeness (QED) is 0.467. The number of rotatable bonds is 4. The summed E-state index contributed by atoms with van der Waals surface area (Å²) in [4.78, 5) is 3.51. The van der Waals surface area contributed by atoms with Gasteiger partial charge in [0.1, 0.15) is 6.61 Å². The number of aromatic nitrogens is 1. The maximum Gasteiger partial charge on any atom is 0.276 e. The second-order valence-electron chi connectivity index (χ2n) is 6.20. The molecule has 0 unspecified atom stereocenters. The first-order valence-electron chi connectivity index (χ1n) is 8.51. The van der Waals surface area contributed by atoms with Gasteiger partial charge in [0.2, 0.25) is 5.52 Å². The fraction of sp³-hybridized carbons (Fsp3) is 0.190. The van der Waals surface area contributed by atoms with Gasteiger partial charge in [-0.15, -0.1) is 0 Å². The topological polar surface area (TPSA) is 16.4 Å². The zero-order valence-electron chi connectivity index (χ0n) is 14.8. The lowest BCUT2D eigenvalue weighted by molar-refractivity contribution is -0.670. The van der Waals surface area contributed by atoms with Gasteiger partial charge in [-0.05, 0) is 41.4 Å². The number of para-hydroxylation sites is 2. The zero-order valence-corrected chi connectivity index (χ0v) is 16.3. The molecule has 0 N–H and O–H groups in total. The predicted octanol–water partition coefficient (Wildman–Crippen LogP) is 4.97. The van der Waals surface area contributed by atoms with E-state index in [1.807, 2.05) is 12.1 Å². The third-order valence-corrected chi connectivity index (χ3v) is 6.09. The number of halogens is 1. The van der Waals surface area contributed by atoms with Gasteiger partial charge in [-0.1, -0.05) is 36.0 Å². The van der Waals surface area contributed by atoms with Gasteiger partial charge in [0.25, 0.3) is 5.15 Å². The van der Waals surface area contributed by atoms with Crippen molar-refractivity contribution >= 4 is 46.0 Å². The van der Waals surface area contributed by atoms with Crippen molar-refractivity contribution in [2.24, 2.45) is 0 Å². The lowest BCUT2D eigenvalue weighted by Crippen LogP contribution is -2.38. The lowest BCUT2D eigenvalue weighted by atomic mass is 10.1. The van der Waals surface area contributed by atoms with Crippen LogP contribution in [-0.4, -0.2) is 20.8 Å². The van der Waals surface area contributed by atoms with Crippen LogP contribution >= 0.6 is 23.4 Å². The number of thioether (sulfide) groups is 1. The summed E-state index contributed by atoms with van der Waals surface area (Å²) < 4.78 is 7.34. The van der Waals surface area contributed by atoms with Crippen LogP contribution in [0.2, 0.25) is 5.15 Å². The third-order valence-electron chi connectivity index (χ3n) is 4.61. The molecule has 0 amide bonds. The van der Waals surface area contributed by atoms with Crippen molar-refractivity contribution in [3.8, 4) is 0 Å². The van der Waals surface area contributed by atoms with E-state index in [0.29, 0.717) is 6.61 Å². The SMILES string of the molecule is COCC[n+]1c(Cl)cc(C=C2Sc3ccccc3N2C)c2ccccc21. The van der Waals surface area contributed by atoms with Crippen LogP contribution in [0.4, 0.5) is 5.69 Å². The van der Waals surface area contributed by atoms with Gasteiger partial charge in [-0.3, -0.25) is 0 Å². The van der Waals surface area contributed by atoms with Gasteiger partial charge in [0.05, 0.1) is 16.1 Å². The van der Waals surface area contributed by atoms with Crippen molar-refractivity contribution in [1.82, 2.24) is 0 Å². The standard InChI is InChI=1S/C21H20ClN2OS/c1-23-18-9-5-6-10-19(18)26-21(23)14-15-13-20(22)24(11-12-25-2)17-8-4-3-7-16(15)17/h3-10,13-14H,11-12H2,1-2H3/q+1. The fourth-order valence-corrected chi connectivity index (χ4v) is 4.66. The molecule has 0 atom stereocenters. The Balaban J connectivity index is 1.81. The minimum absolute atomic E-state index is 0.628. The summed E-state index contributed by atoms with van der Waals surface area (Å²) in [5.41, 5.74) is 3.48. The highest BCUT2D eigenvalue weighted by Crippen LogP contribution is 2.45. The van der Waals surface area contributed by atoms with Crippen LogP contribution in [0.3, 0.4) is 0 Å². The molecule has 0 saturated heterocycles. The highest BCUT2D eigenvalue weighted by Gasteiger charge is 2.23. The van der Waals surface area contributed by atoms with E-state index in [4.69, 9.17) is 16.3 Å². The van der Waals surface area contributed by atoms with Crippen molar-refractivity contribution in [1.29, 1.82) is 0 Å². The minimum atomic E-state index is 0.628. The molecule has 1 aliphatic heterocycles. The molecule has 2 aromatic carbocycles. The Hall–Kier alpha value is -2.01. The summed E-state index contributed by atoms with van der Waals surface area (Å²) in [6.45, 7) is 1.36. The number of hydrogen-bond donors (Lipinski definition) is 0. The number of anilines is 1. The van der Waals surface area contributed by atoms with E-state index in [1.54, 1.807) is 18.9 Å². The van der Waals surface area contributed by atoms with Gasteiger partial charge in [0.15, 0.2) is 6.54 Å². The van der Waals surface area contributed by atoms with Crippen molar-refractivity contribution in [3.05, 3.63) is 70.3 Å². The van der Waals surface area contributed by atoms with E-state index >= 15 is 0 Å². The van der Waals surface area contributed by atoms with E-state index in [9.17, 15) is 0 Å². The van der Waals surface area contributed by atoms with Gasteiger partial charge in [-0.2, -0.15) is 4.57 Å². The first-order valence-corrected chi connectivity index (χ1v) is 9.71. The van der Waals surface area contributed by atoms with Crippen LogP contribution in [0, 0.1) is 0 Å². The molecule has 26 heavy (non-hydrogen) atoms. The summed E-state index contributed by atoms with van der Waals surface area (Å²) >= 11 is 8.40. The summed E-state index contributed by atoms with van der Waals surface area (Å²) in [5.74, 6) is 0. The summed E-state index contributed by atoms with van der Waals surface area (Å²) in [7, 11) is 3.82. The van der Waals surface area contributed by atoms with Crippen LogP contribution in [0.25, 0.3) is 17.0 Å². The summed E-state index contributed by atoms with van der Waals surface area (Å²) in [6, 6.07) is 18.9. The van der Waals surface area contributed by atoms with E-state index in [-0.39, 0.29) is 0 Å². The van der Waals surface area contributed by atoms with E-state index in [0.717, 1.165) is 22.8 Å². The monoisotopic (exact) mass is 383 g/mol. The molecule has 3 nitrogen and oxygen atoms in total. The molecule has 0 fully saturated rings. The number of pyridine rings is 1. The first-order chi connectivity index (χ1) is 12.7. The molecule has 1 aliphatic rings. The molecule has 0 bridgehead atoms. The molecule has 1 aromatic heterocycles. The van der Waals surface area contributed by atoms with Crippen molar-refractivity contribution < 1.29 is 9.30 Å². The normalized spacial score (nSPS) is 15.0. The Kier molecular flexibility index (Phi) is 4.90. The Morgan fingerprint density at radius 2 is 1.92 bits per heavy atom. The smallest absolute Gasteiger partial charge is 0.276 e. The summed E-state index contributed by atoms with van der Waals surface area (Å²) in [5, 5.41) is 3.10. The van der Waals surface area contributed by atoms with Crippen LogP contribution in [0.15, 0.2) is 64.5 Å². The summed E-state index contributed by atoms with van der Waals surface area (Å²) in [6.07, 6.45) is 2.22. The Morgan fingerprint density at radius 3 is 2.73 bits per heavy atom. The molecule has 5 heteroatoms. The second-order valence-corrected chi connectivity index (χ2v) is 7.64. The Bertz CT molecular complexity index is 1000. The second kappa shape index (κ2) is 7.31. The number of nitrogens with zero attached hydrogens (tertiary/aromatic N) is 2. The Morgan fingerprint density at radius 1 is 1.15 bits per heavy atom. The number of benzene rings is 2. The molecular formula is C21H20ClN2OS+. The van der Waals surface area contributed by atoms with Crippen LogP contribution in [-0.2, 0) is 11.3 Å². The average Bonchev–Trinajstić information content (AvgIpc) is 2.97. The van der Waals surface area contributed by atoms with Gasteiger partial charge in [0, 0.05) is 31.2 Å². The van der Waals surface area contributed by atoms with E-state index in [2.05, 4.69) is 65.1 Å². The molecule has 0 aliphatic carbocycles. The van der Waals surface area contributed by atoms with Gasteiger partial charge in [-0.25, -0.2) is 0 Å². The Labute approximate surface area is 162 Å². The van der Waals surface area contributed by atoms with Crippen LogP contribution in [0.5, 0.6) is 0 Å². The zero-order chi connectivity index (χ0) is 18.1. The lowest BCUT2D eigenvalue weighted by Gasteiger charge is -2.14. The van der Waals surface area contributed by atoms with Crippen molar-refractivity contribution in [2.45, 2.75) is 11.4 Å². The van der Waals surface area contributed by atoms with E-state index in [1.165, 1.54) is 21.0 Å². The highest BCUT2D eigenvalue weighted by molar-refractivity contribution is 8.03. The minimum Gasteiger partial charge on any atom is -0.378 e. The number of fused-ring (bicyclic) bond motifs is 2. The highest BCUT2D eigenvalue weighted by atomic mass is 35.5. The number of ether oxygens (including phenoxy) is 1. The molecule has 132 valence electrons. The van der Waals surface area contributed by atoms with Crippen LogP contribution in [0.1, 0.15) is 5.56 Å². The molecule has 0 saturated carbocycles. The number of hydrogen-bond acceptors (Lipinski definition) is 3. The van der Waals surface area contributed by atoms with Crippen molar-refractivity contribution in [3.63, 3.8) is 0 Å². The average molecular weight is 384 g/mol. The number of methoxy groups -OCH3 is 1. The third kappa shape index (κ3) is 3.09. The maximum atomic E-state index is 6.61. The fourth-order valence-electron chi connectivity index (χ4n) is 3.26. The maximum absolute atomic E-state index is 6.61. The first kappa shape index (κ1) is 17.4. The largest absolute Gasteiger partial charge is 0.378 e. The molecule has 4 rings (SSSR count). The molecule has 0 radical (unpaired) electrons. The molecule has 0 spiro atoms. The predicted molar refractivity (Wildman–Crippen MR) is 110 cm³/mol. The molecule has 2 heterocycles. The molecule has 3 aromatic rings.